The van der Waals surface area contributed by atoms with Gasteiger partial charge in [-0.3, -0.25) is 4.79 Å². The van der Waals surface area contributed by atoms with Crippen LogP contribution in [-0.2, 0) is 6.42 Å². The van der Waals surface area contributed by atoms with E-state index in [0.29, 0.717) is 5.02 Å². The van der Waals surface area contributed by atoms with Gasteiger partial charge in [-0.25, -0.2) is 4.68 Å². The lowest BCUT2D eigenvalue weighted by Gasteiger charge is -2.11. The van der Waals surface area contributed by atoms with E-state index in [0.717, 1.165) is 24.1 Å². The number of primary amides is 1. The number of amides is 1. The van der Waals surface area contributed by atoms with Crippen LogP contribution in [0.1, 0.15) is 29.4 Å². The van der Waals surface area contributed by atoms with Gasteiger partial charge in [0.15, 0.2) is 0 Å². The molecule has 0 aliphatic heterocycles. The highest BCUT2D eigenvalue weighted by atomic mass is 35.5. The van der Waals surface area contributed by atoms with E-state index in [1.807, 2.05) is 19.1 Å². The van der Waals surface area contributed by atoms with E-state index in [2.05, 4.69) is 5.10 Å². The van der Waals surface area contributed by atoms with E-state index in [9.17, 15) is 4.79 Å². The van der Waals surface area contributed by atoms with Crippen LogP contribution in [0.4, 0.5) is 0 Å². The molecule has 20 heavy (non-hydrogen) atoms. The number of nitrogens with two attached hydrogens (primary N) is 2. The molecule has 6 heteroatoms. The standard InChI is InChI=1S/C14H17ClN4O/c1-2-10(16)7-9-3-4-11(8-12(9)15)19-6-5-13(18-19)14(17)20/h3-6,8,10H,2,7,16H2,1H3,(H2,17,20). The van der Waals surface area contributed by atoms with Crippen molar-refractivity contribution in [3.63, 3.8) is 0 Å². The first-order chi connectivity index (χ1) is 9.51. The molecule has 1 unspecified atom stereocenters. The van der Waals surface area contributed by atoms with Gasteiger partial charge in [0.25, 0.3) is 5.91 Å². The number of rotatable bonds is 5. The summed E-state index contributed by atoms with van der Waals surface area (Å²) in [5.74, 6) is -0.555. The summed E-state index contributed by atoms with van der Waals surface area (Å²) in [5, 5.41) is 4.73. The number of aromatic nitrogens is 2. The second-order valence-electron chi connectivity index (χ2n) is 4.66. The minimum atomic E-state index is -0.555. The van der Waals surface area contributed by atoms with Gasteiger partial charge in [0.2, 0.25) is 0 Å². The lowest BCUT2D eigenvalue weighted by atomic mass is 10.0. The summed E-state index contributed by atoms with van der Waals surface area (Å²) < 4.78 is 1.56. The fourth-order valence-corrected chi connectivity index (χ4v) is 2.12. The Kier molecular flexibility index (Phi) is 4.42. The van der Waals surface area contributed by atoms with Crippen molar-refractivity contribution in [3.8, 4) is 5.69 Å². The number of benzene rings is 1. The third-order valence-electron chi connectivity index (χ3n) is 3.15. The summed E-state index contributed by atoms with van der Waals surface area (Å²) >= 11 is 6.26. The van der Waals surface area contributed by atoms with E-state index in [1.54, 1.807) is 23.0 Å². The monoisotopic (exact) mass is 292 g/mol. The summed E-state index contributed by atoms with van der Waals surface area (Å²) in [6.07, 6.45) is 3.31. The number of carbonyl (C=O) groups excluding carboxylic acids is 1. The van der Waals surface area contributed by atoms with Crippen molar-refractivity contribution in [2.24, 2.45) is 11.5 Å². The van der Waals surface area contributed by atoms with Gasteiger partial charge in [0, 0.05) is 17.3 Å². The van der Waals surface area contributed by atoms with E-state index in [1.165, 1.54) is 0 Å². The number of halogens is 1. The molecule has 0 aliphatic rings. The molecule has 5 nitrogen and oxygen atoms in total. The molecule has 2 aromatic rings. The maximum atomic E-state index is 11.0. The van der Waals surface area contributed by atoms with Crippen LogP contribution in [0.15, 0.2) is 30.5 Å². The molecule has 1 atom stereocenters. The molecule has 1 amide bonds. The van der Waals surface area contributed by atoms with E-state index in [-0.39, 0.29) is 11.7 Å². The molecule has 2 rings (SSSR count). The Morgan fingerprint density at radius 3 is 2.75 bits per heavy atom. The Morgan fingerprint density at radius 2 is 2.20 bits per heavy atom. The molecule has 4 N–H and O–H groups in total. The van der Waals surface area contributed by atoms with Gasteiger partial charge in [0.05, 0.1) is 5.69 Å². The smallest absolute Gasteiger partial charge is 0.269 e. The van der Waals surface area contributed by atoms with Crippen LogP contribution in [0.25, 0.3) is 5.69 Å². The maximum absolute atomic E-state index is 11.0. The molecule has 0 radical (unpaired) electrons. The fourth-order valence-electron chi connectivity index (χ4n) is 1.87. The number of hydrogen-bond acceptors (Lipinski definition) is 3. The Balaban J connectivity index is 2.25. The molecular formula is C14H17ClN4O. The maximum Gasteiger partial charge on any atom is 0.269 e. The van der Waals surface area contributed by atoms with Crippen molar-refractivity contribution in [1.82, 2.24) is 9.78 Å². The zero-order chi connectivity index (χ0) is 14.7. The summed E-state index contributed by atoms with van der Waals surface area (Å²) in [5.41, 5.74) is 13.1. The van der Waals surface area contributed by atoms with Crippen LogP contribution >= 0.6 is 11.6 Å². The lowest BCUT2D eigenvalue weighted by molar-refractivity contribution is 0.0995. The van der Waals surface area contributed by atoms with E-state index in [4.69, 9.17) is 23.1 Å². The molecule has 0 spiro atoms. The second-order valence-corrected chi connectivity index (χ2v) is 5.07. The predicted molar refractivity (Wildman–Crippen MR) is 79.1 cm³/mol. The Labute approximate surface area is 122 Å². The third kappa shape index (κ3) is 3.18. The van der Waals surface area contributed by atoms with Crippen LogP contribution in [0, 0.1) is 0 Å². The van der Waals surface area contributed by atoms with Crippen LogP contribution < -0.4 is 11.5 Å². The Hall–Kier alpha value is -1.85. The molecule has 106 valence electrons. The highest BCUT2D eigenvalue weighted by molar-refractivity contribution is 6.31. The minimum Gasteiger partial charge on any atom is -0.364 e. The summed E-state index contributed by atoms with van der Waals surface area (Å²) in [7, 11) is 0. The molecule has 0 saturated heterocycles. The second kappa shape index (κ2) is 6.07. The van der Waals surface area contributed by atoms with Crippen molar-refractivity contribution in [3.05, 3.63) is 46.7 Å². The quantitative estimate of drug-likeness (QED) is 0.882. The molecule has 0 saturated carbocycles. The zero-order valence-electron chi connectivity index (χ0n) is 11.2. The van der Waals surface area contributed by atoms with Crippen molar-refractivity contribution in [1.29, 1.82) is 0 Å². The largest absolute Gasteiger partial charge is 0.364 e. The van der Waals surface area contributed by atoms with Gasteiger partial charge in [0.1, 0.15) is 5.69 Å². The molecule has 1 aromatic heterocycles. The molecule has 0 bridgehead atoms. The number of nitrogens with zero attached hydrogens (tertiary/aromatic N) is 2. The van der Waals surface area contributed by atoms with Crippen LogP contribution in [0.2, 0.25) is 5.02 Å². The van der Waals surface area contributed by atoms with Crippen LogP contribution in [-0.4, -0.2) is 21.7 Å². The molecular weight excluding hydrogens is 276 g/mol. The Morgan fingerprint density at radius 1 is 1.45 bits per heavy atom. The first kappa shape index (κ1) is 14.6. The molecule has 0 fully saturated rings. The topological polar surface area (TPSA) is 86.9 Å². The number of hydrogen-bond donors (Lipinski definition) is 2. The summed E-state index contributed by atoms with van der Waals surface area (Å²) in [6, 6.07) is 7.29. The lowest BCUT2D eigenvalue weighted by Crippen LogP contribution is -2.21. The molecule has 0 aliphatic carbocycles. The van der Waals surface area contributed by atoms with Gasteiger partial charge in [-0.1, -0.05) is 24.6 Å². The van der Waals surface area contributed by atoms with Crippen molar-refractivity contribution in [2.45, 2.75) is 25.8 Å². The highest BCUT2D eigenvalue weighted by Gasteiger charge is 2.09. The van der Waals surface area contributed by atoms with Crippen molar-refractivity contribution in [2.75, 3.05) is 0 Å². The van der Waals surface area contributed by atoms with Crippen molar-refractivity contribution < 1.29 is 4.79 Å². The fraction of sp³-hybridized carbons (Fsp3) is 0.286. The van der Waals surface area contributed by atoms with Crippen LogP contribution in [0.3, 0.4) is 0 Å². The van der Waals surface area contributed by atoms with E-state index >= 15 is 0 Å². The highest BCUT2D eigenvalue weighted by Crippen LogP contribution is 2.21. The van der Waals surface area contributed by atoms with Gasteiger partial charge in [-0.05, 0) is 36.6 Å². The summed E-state index contributed by atoms with van der Waals surface area (Å²) in [6.45, 7) is 2.04. The minimum absolute atomic E-state index is 0.101. The van der Waals surface area contributed by atoms with Gasteiger partial charge < -0.3 is 11.5 Å². The number of carbonyl (C=O) groups is 1. The SMILES string of the molecule is CCC(N)Cc1ccc(-n2ccc(C(N)=O)n2)cc1Cl. The van der Waals surface area contributed by atoms with E-state index < -0.39 is 5.91 Å². The van der Waals surface area contributed by atoms with Gasteiger partial charge in [-0.15, -0.1) is 0 Å². The average molecular weight is 293 g/mol. The van der Waals surface area contributed by atoms with Crippen molar-refractivity contribution >= 4 is 17.5 Å². The normalized spacial score (nSPS) is 12.3. The Bertz CT molecular complexity index is 623. The predicted octanol–water partition coefficient (Wildman–Crippen LogP) is 1.90. The molecule has 1 aromatic carbocycles. The average Bonchev–Trinajstić information content (AvgIpc) is 2.90. The third-order valence-corrected chi connectivity index (χ3v) is 3.50. The van der Waals surface area contributed by atoms with Gasteiger partial charge in [-0.2, -0.15) is 5.10 Å². The summed E-state index contributed by atoms with van der Waals surface area (Å²) in [4.78, 5) is 11.0. The van der Waals surface area contributed by atoms with Crippen LogP contribution in [0.5, 0.6) is 0 Å². The zero-order valence-corrected chi connectivity index (χ0v) is 12.0. The molecule has 1 heterocycles. The first-order valence-corrected chi connectivity index (χ1v) is 6.79. The van der Waals surface area contributed by atoms with Gasteiger partial charge >= 0.3 is 0 Å². The first-order valence-electron chi connectivity index (χ1n) is 6.41.